The van der Waals surface area contributed by atoms with Gasteiger partial charge in [0.05, 0.1) is 22.5 Å². The number of aromatic carboxylic acids is 1. The van der Waals surface area contributed by atoms with Crippen LogP contribution in [0.15, 0.2) is 12.1 Å². The first-order valence-corrected chi connectivity index (χ1v) is 4.39. The molecule has 0 atom stereocenters. The molecule has 16 heavy (non-hydrogen) atoms. The standard InChI is InChI=1S/C9H7NO6/c11-9(12)5-3-7-8(16-2-1-15-7)4-6(5)10(13)14/h3-4H,1-2H2,(H,11,12)/p-1. The average molecular weight is 224 g/mol. The molecule has 0 unspecified atom stereocenters. The Kier molecular flexibility index (Phi) is 2.35. The number of nitrogens with zero attached hydrogens (tertiary/aromatic N) is 1. The summed E-state index contributed by atoms with van der Waals surface area (Å²) in [5, 5.41) is 21.3. The van der Waals surface area contributed by atoms with Crippen LogP contribution in [0.3, 0.4) is 0 Å². The van der Waals surface area contributed by atoms with Crippen LogP contribution >= 0.6 is 0 Å². The summed E-state index contributed by atoms with van der Waals surface area (Å²) < 4.78 is 10.2. The van der Waals surface area contributed by atoms with Gasteiger partial charge in [-0.05, 0) is 6.07 Å². The van der Waals surface area contributed by atoms with Gasteiger partial charge in [0, 0.05) is 0 Å². The molecule has 1 aromatic rings. The Hall–Kier alpha value is -2.31. The minimum Gasteiger partial charge on any atom is -0.545 e. The molecule has 0 saturated heterocycles. The second-order valence-electron chi connectivity index (χ2n) is 3.06. The van der Waals surface area contributed by atoms with Crippen LogP contribution in [0.5, 0.6) is 11.5 Å². The number of rotatable bonds is 2. The van der Waals surface area contributed by atoms with Gasteiger partial charge in [-0.2, -0.15) is 0 Å². The van der Waals surface area contributed by atoms with E-state index in [2.05, 4.69) is 0 Å². The van der Waals surface area contributed by atoms with Gasteiger partial charge in [0.1, 0.15) is 13.2 Å². The van der Waals surface area contributed by atoms with Crippen LogP contribution in [0.2, 0.25) is 0 Å². The lowest BCUT2D eigenvalue weighted by Gasteiger charge is -2.19. The van der Waals surface area contributed by atoms with Crippen molar-refractivity contribution in [2.24, 2.45) is 0 Å². The van der Waals surface area contributed by atoms with Crippen LogP contribution < -0.4 is 14.6 Å². The third-order valence-corrected chi connectivity index (χ3v) is 2.08. The number of benzene rings is 1. The Morgan fingerprint density at radius 1 is 1.25 bits per heavy atom. The number of ether oxygens (including phenoxy) is 2. The van der Waals surface area contributed by atoms with Crippen molar-refractivity contribution in [1.82, 2.24) is 0 Å². The summed E-state index contributed by atoms with van der Waals surface area (Å²) in [6.45, 7) is 0.548. The van der Waals surface area contributed by atoms with Crippen LogP contribution in [0, 0.1) is 10.1 Å². The lowest BCUT2D eigenvalue weighted by atomic mass is 10.1. The van der Waals surface area contributed by atoms with E-state index >= 15 is 0 Å². The van der Waals surface area contributed by atoms with Gasteiger partial charge in [-0.25, -0.2) is 0 Å². The van der Waals surface area contributed by atoms with Crippen LogP contribution in [0.25, 0.3) is 0 Å². The number of nitro groups is 1. The summed E-state index contributed by atoms with van der Waals surface area (Å²) in [4.78, 5) is 20.5. The Morgan fingerprint density at radius 3 is 2.31 bits per heavy atom. The summed E-state index contributed by atoms with van der Waals surface area (Å²) in [5.74, 6) is -1.28. The Morgan fingerprint density at radius 2 is 1.81 bits per heavy atom. The van der Waals surface area contributed by atoms with E-state index in [1.54, 1.807) is 0 Å². The normalized spacial score (nSPS) is 13.2. The van der Waals surface area contributed by atoms with Crippen LogP contribution in [-0.4, -0.2) is 24.1 Å². The van der Waals surface area contributed by atoms with E-state index in [4.69, 9.17) is 9.47 Å². The number of hydrogen-bond donors (Lipinski definition) is 0. The van der Waals surface area contributed by atoms with Gasteiger partial charge in [-0.3, -0.25) is 10.1 Å². The number of carboxylic acid groups (broad SMARTS) is 1. The highest BCUT2D eigenvalue weighted by molar-refractivity contribution is 5.92. The van der Waals surface area contributed by atoms with Crippen LogP contribution in [0.4, 0.5) is 5.69 Å². The molecule has 2 rings (SSSR count). The number of carboxylic acids is 1. The van der Waals surface area contributed by atoms with Gasteiger partial charge in [-0.1, -0.05) is 0 Å². The van der Waals surface area contributed by atoms with Gasteiger partial charge in [0.2, 0.25) is 0 Å². The zero-order chi connectivity index (χ0) is 11.7. The minimum absolute atomic E-state index is 0.169. The zero-order valence-electron chi connectivity index (χ0n) is 7.97. The fourth-order valence-corrected chi connectivity index (χ4v) is 1.39. The zero-order valence-corrected chi connectivity index (χ0v) is 7.97. The van der Waals surface area contributed by atoms with E-state index < -0.39 is 22.1 Å². The molecular formula is C9H6NO6-. The van der Waals surface area contributed by atoms with Crippen molar-refractivity contribution in [3.8, 4) is 11.5 Å². The molecule has 1 aliphatic heterocycles. The smallest absolute Gasteiger partial charge is 0.282 e. The molecule has 0 radical (unpaired) electrons. The van der Waals surface area contributed by atoms with E-state index in [0.717, 1.165) is 12.1 Å². The van der Waals surface area contributed by atoms with E-state index in [1.807, 2.05) is 0 Å². The summed E-state index contributed by atoms with van der Waals surface area (Å²) >= 11 is 0. The average Bonchev–Trinajstić information content (AvgIpc) is 2.27. The third-order valence-electron chi connectivity index (χ3n) is 2.08. The number of nitro benzene ring substituents is 1. The monoisotopic (exact) mass is 224 g/mol. The lowest BCUT2D eigenvalue weighted by molar-refractivity contribution is -0.386. The maximum atomic E-state index is 10.7. The molecule has 0 bridgehead atoms. The summed E-state index contributed by atoms with van der Waals surface area (Å²) in [6, 6.07) is 2.07. The fourth-order valence-electron chi connectivity index (χ4n) is 1.39. The molecule has 0 saturated carbocycles. The summed E-state index contributed by atoms with van der Waals surface area (Å²) in [7, 11) is 0. The van der Waals surface area contributed by atoms with Crippen molar-refractivity contribution in [2.45, 2.75) is 0 Å². The number of carbonyl (C=O) groups excluding carboxylic acids is 1. The van der Waals surface area contributed by atoms with Crippen molar-refractivity contribution < 1.29 is 24.3 Å². The molecule has 1 heterocycles. The quantitative estimate of drug-likeness (QED) is 0.506. The molecular weight excluding hydrogens is 218 g/mol. The highest BCUT2D eigenvalue weighted by Crippen LogP contribution is 2.36. The molecule has 0 fully saturated rings. The molecule has 1 aromatic carbocycles. The SMILES string of the molecule is O=C([O-])c1cc2c(cc1[N+](=O)[O-])OCCO2. The lowest BCUT2D eigenvalue weighted by Crippen LogP contribution is -2.24. The minimum atomic E-state index is -1.62. The highest BCUT2D eigenvalue weighted by atomic mass is 16.6. The summed E-state index contributed by atoms with van der Waals surface area (Å²) in [6.07, 6.45) is 0. The second kappa shape index (κ2) is 3.69. The third kappa shape index (κ3) is 1.62. The molecule has 1 aliphatic rings. The van der Waals surface area contributed by atoms with Crippen molar-refractivity contribution >= 4 is 11.7 Å². The maximum Gasteiger partial charge on any atom is 0.282 e. The van der Waals surface area contributed by atoms with E-state index in [0.29, 0.717) is 0 Å². The van der Waals surface area contributed by atoms with Crippen molar-refractivity contribution in [3.63, 3.8) is 0 Å². The Bertz CT molecular complexity index is 426. The molecule has 0 aromatic heterocycles. The topological polar surface area (TPSA) is 102 Å². The van der Waals surface area contributed by atoms with Gasteiger partial charge < -0.3 is 19.4 Å². The van der Waals surface area contributed by atoms with Crippen LogP contribution in [0.1, 0.15) is 10.4 Å². The number of carbonyl (C=O) groups is 1. The number of fused-ring (bicyclic) bond motifs is 1. The molecule has 0 amide bonds. The first kappa shape index (κ1) is 10.2. The molecule has 0 N–H and O–H groups in total. The maximum absolute atomic E-state index is 10.7. The van der Waals surface area contributed by atoms with Gasteiger partial charge >= 0.3 is 0 Å². The summed E-state index contributed by atoms with van der Waals surface area (Å²) in [5.41, 5.74) is -1.08. The van der Waals surface area contributed by atoms with Crippen molar-refractivity contribution in [3.05, 3.63) is 27.8 Å². The second-order valence-corrected chi connectivity index (χ2v) is 3.06. The van der Waals surface area contributed by atoms with Crippen molar-refractivity contribution in [2.75, 3.05) is 13.2 Å². The van der Waals surface area contributed by atoms with Crippen molar-refractivity contribution in [1.29, 1.82) is 0 Å². The Balaban J connectivity index is 2.59. The Labute approximate surface area is 89.4 Å². The molecule has 0 spiro atoms. The molecule has 0 aliphatic carbocycles. The first-order chi connectivity index (χ1) is 7.59. The molecule has 7 nitrogen and oxygen atoms in total. The van der Waals surface area contributed by atoms with Crippen LogP contribution in [-0.2, 0) is 0 Å². The number of hydrogen-bond acceptors (Lipinski definition) is 6. The predicted octanol–water partition coefficient (Wildman–Crippen LogP) is -0.271. The van der Waals surface area contributed by atoms with E-state index in [9.17, 15) is 20.0 Å². The van der Waals surface area contributed by atoms with Gasteiger partial charge in [-0.15, -0.1) is 0 Å². The predicted molar refractivity (Wildman–Crippen MR) is 48.4 cm³/mol. The van der Waals surface area contributed by atoms with E-state index in [1.165, 1.54) is 0 Å². The highest BCUT2D eigenvalue weighted by Gasteiger charge is 2.22. The first-order valence-electron chi connectivity index (χ1n) is 4.39. The molecule has 84 valence electrons. The molecule has 7 heteroatoms. The largest absolute Gasteiger partial charge is 0.545 e. The van der Waals surface area contributed by atoms with Gasteiger partial charge in [0.25, 0.3) is 5.69 Å². The fraction of sp³-hybridized carbons (Fsp3) is 0.222. The van der Waals surface area contributed by atoms with Gasteiger partial charge in [0.15, 0.2) is 11.5 Å². The van der Waals surface area contributed by atoms with E-state index in [-0.39, 0.29) is 24.7 Å².